The normalized spacial score (nSPS) is 20.2. The molecule has 1 atom stereocenters. The molecule has 16 heavy (non-hydrogen) atoms. The van der Waals surface area contributed by atoms with Crippen LogP contribution in [0.4, 0.5) is 0 Å². The number of benzene rings is 1. The molecule has 1 aliphatic rings. The molecule has 1 unspecified atom stereocenters. The summed E-state index contributed by atoms with van der Waals surface area (Å²) in [4.78, 5) is 0. The third kappa shape index (κ3) is 3.32. The second-order valence-electron chi connectivity index (χ2n) is 4.62. The van der Waals surface area contributed by atoms with Crippen LogP contribution >= 0.6 is 0 Å². The third-order valence-corrected chi connectivity index (χ3v) is 3.33. The second-order valence-corrected chi connectivity index (χ2v) is 4.62. The highest BCUT2D eigenvalue weighted by Crippen LogP contribution is 2.15. The van der Waals surface area contributed by atoms with E-state index in [9.17, 15) is 0 Å². The van der Waals surface area contributed by atoms with E-state index in [4.69, 9.17) is 4.74 Å². The molecule has 2 rings (SSSR count). The Kier molecular flexibility index (Phi) is 4.37. The van der Waals surface area contributed by atoms with E-state index in [-0.39, 0.29) is 0 Å². The van der Waals surface area contributed by atoms with E-state index < -0.39 is 0 Å². The fourth-order valence-corrected chi connectivity index (χ4v) is 2.15. The summed E-state index contributed by atoms with van der Waals surface area (Å²) in [5.74, 6) is 0.782. The fraction of sp³-hybridized carbons (Fsp3) is 0.571. The predicted molar refractivity (Wildman–Crippen MR) is 66.4 cm³/mol. The van der Waals surface area contributed by atoms with E-state index in [0.29, 0.717) is 0 Å². The summed E-state index contributed by atoms with van der Waals surface area (Å²) in [6, 6.07) is 8.56. The Morgan fingerprint density at radius 3 is 3.00 bits per heavy atom. The Balaban J connectivity index is 1.66. The Labute approximate surface area is 98.0 Å². The van der Waals surface area contributed by atoms with E-state index in [1.165, 1.54) is 24.0 Å². The lowest BCUT2D eigenvalue weighted by Gasteiger charge is -2.10. The third-order valence-electron chi connectivity index (χ3n) is 3.33. The summed E-state index contributed by atoms with van der Waals surface area (Å²) in [5, 5.41) is 3.51. The van der Waals surface area contributed by atoms with Gasteiger partial charge in [0.25, 0.3) is 0 Å². The van der Waals surface area contributed by atoms with E-state index in [0.717, 1.165) is 32.2 Å². The van der Waals surface area contributed by atoms with Crippen LogP contribution in [-0.4, -0.2) is 19.8 Å². The summed E-state index contributed by atoms with van der Waals surface area (Å²) in [6.07, 6.45) is 2.48. The molecule has 2 heteroatoms. The Bertz CT molecular complexity index is 318. The van der Waals surface area contributed by atoms with Crippen molar-refractivity contribution in [3.8, 4) is 0 Å². The molecular weight excluding hydrogens is 198 g/mol. The van der Waals surface area contributed by atoms with Crippen LogP contribution in [0.1, 0.15) is 24.0 Å². The van der Waals surface area contributed by atoms with Crippen molar-refractivity contribution in [1.82, 2.24) is 5.32 Å². The van der Waals surface area contributed by atoms with Gasteiger partial charge in [0.15, 0.2) is 0 Å². The lowest BCUT2D eigenvalue weighted by atomic mass is 10.1. The molecule has 0 aromatic heterocycles. The fourth-order valence-electron chi connectivity index (χ4n) is 2.15. The van der Waals surface area contributed by atoms with Crippen molar-refractivity contribution < 1.29 is 4.74 Å². The van der Waals surface area contributed by atoms with E-state index >= 15 is 0 Å². The summed E-state index contributed by atoms with van der Waals surface area (Å²) in [7, 11) is 0. The molecule has 1 fully saturated rings. The average molecular weight is 219 g/mol. The molecule has 1 heterocycles. The first-order chi connectivity index (χ1) is 7.86. The predicted octanol–water partition coefficient (Wildman–Crippen LogP) is 2.51. The largest absolute Gasteiger partial charge is 0.381 e. The Morgan fingerprint density at radius 1 is 1.38 bits per heavy atom. The zero-order valence-corrected chi connectivity index (χ0v) is 10.0. The van der Waals surface area contributed by atoms with Crippen molar-refractivity contribution in [3.63, 3.8) is 0 Å². The van der Waals surface area contributed by atoms with Gasteiger partial charge in [-0.1, -0.05) is 24.3 Å². The molecule has 1 aromatic rings. The monoisotopic (exact) mass is 219 g/mol. The second kappa shape index (κ2) is 6.02. The maximum atomic E-state index is 5.36. The quantitative estimate of drug-likeness (QED) is 0.768. The molecule has 0 saturated carbocycles. The van der Waals surface area contributed by atoms with Crippen LogP contribution in [0.5, 0.6) is 0 Å². The van der Waals surface area contributed by atoms with Crippen LogP contribution in [0, 0.1) is 12.8 Å². The molecule has 88 valence electrons. The van der Waals surface area contributed by atoms with Crippen molar-refractivity contribution in [3.05, 3.63) is 35.4 Å². The van der Waals surface area contributed by atoms with Gasteiger partial charge < -0.3 is 10.1 Å². The van der Waals surface area contributed by atoms with Gasteiger partial charge in [0, 0.05) is 19.8 Å². The Morgan fingerprint density at radius 2 is 2.25 bits per heavy atom. The van der Waals surface area contributed by atoms with Crippen molar-refractivity contribution in [2.75, 3.05) is 19.8 Å². The molecule has 2 nitrogen and oxygen atoms in total. The summed E-state index contributed by atoms with van der Waals surface area (Å²) >= 11 is 0. The first-order valence-electron chi connectivity index (χ1n) is 6.19. The van der Waals surface area contributed by atoms with Crippen LogP contribution in [0.15, 0.2) is 24.3 Å². The highest BCUT2D eigenvalue weighted by Gasteiger charge is 2.14. The molecule has 0 spiro atoms. The van der Waals surface area contributed by atoms with Crippen molar-refractivity contribution >= 4 is 0 Å². The molecule has 0 amide bonds. The minimum absolute atomic E-state index is 0.782. The van der Waals surface area contributed by atoms with Gasteiger partial charge in [-0.3, -0.25) is 0 Å². The van der Waals surface area contributed by atoms with Crippen LogP contribution in [-0.2, 0) is 11.3 Å². The van der Waals surface area contributed by atoms with Crippen molar-refractivity contribution in [1.29, 1.82) is 0 Å². The first kappa shape index (κ1) is 11.6. The van der Waals surface area contributed by atoms with Crippen LogP contribution < -0.4 is 5.32 Å². The van der Waals surface area contributed by atoms with Gasteiger partial charge in [-0.25, -0.2) is 0 Å². The number of hydrogen-bond acceptors (Lipinski definition) is 2. The molecule has 1 aromatic carbocycles. The van der Waals surface area contributed by atoms with Gasteiger partial charge in [0.1, 0.15) is 0 Å². The van der Waals surface area contributed by atoms with E-state index in [1.807, 2.05) is 0 Å². The molecule has 0 aliphatic carbocycles. The van der Waals surface area contributed by atoms with Crippen molar-refractivity contribution in [2.24, 2.45) is 5.92 Å². The topological polar surface area (TPSA) is 21.3 Å². The lowest BCUT2D eigenvalue weighted by molar-refractivity contribution is 0.184. The average Bonchev–Trinajstić information content (AvgIpc) is 2.79. The van der Waals surface area contributed by atoms with Gasteiger partial charge in [-0.05, 0) is 43.4 Å². The Hall–Kier alpha value is -0.860. The number of aryl methyl sites for hydroxylation is 1. The zero-order valence-electron chi connectivity index (χ0n) is 10.0. The smallest absolute Gasteiger partial charge is 0.0495 e. The maximum absolute atomic E-state index is 5.36. The number of rotatable bonds is 5. The van der Waals surface area contributed by atoms with E-state index in [1.54, 1.807) is 0 Å². The number of ether oxygens (including phenoxy) is 1. The number of nitrogens with one attached hydrogen (secondary N) is 1. The van der Waals surface area contributed by atoms with Crippen LogP contribution in [0.3, 0.4) is 0 Å². The summed E-state index contributed by atoms with van der Waals surface area (Å²) in [5.41, 5.74) is 2.78. The maximum Gasteiger partial charge on any atom is 0.0495 e. The molecule has 1 saturated heterocycles. The molecule has 0 bridgehead atoms. The molecule has 0 radical (unpaired) electrons. The van der Waals surface area contributed by atoms with Gasteiger partial charge in [-0.2, -0.15) is 0 Å². The van der Waals surface area contributed by atoms with Crippen LogP contribution in [0.25, 0.3) is 0 Å². The standard InChI is InChI=1S/C14H21NO/c1-12-4-2-3-5-14(12)10-15-8-6-13-7-9-16-11-13/h2-5,13,15H,6-11H2,1H3. The van der Waals surface area contributed by atoms with Crippen LogP contribution in [0.2, 0.25) is 0 Å². The summed E-state index contributed by atoms with van der Waals surface area (Å²) < 4.78 is 5.36. The number of hydrogen-bond donors (Lipinski definition) is 1. The SMILES string of the molecule is Cc1ccccc1CNCCC1CCOC1. The van der Waals surface area contributed by atoms with E-state index in [2.05, 4.69) is 36.5 Å². The first-order valence-corrected chi connectivity index (χ1v) is 6.19. The molecule has 1 aliphatic heterocycles. The van der Waals surface area contributed by atoms with Gasteiger partial charge in [-0.15, -0.1) is 0 Å². The summed E-state index contributed by atoms with van der Waals surface area (Å²) in [6.45, 7) is 6.18. The minimum atomic E-state index is 0.782. The minimum Gasteiger partial charge on any atom is -0.381 e. The van der Waals surface area contributed by atoms with Gasteiger partial charge in [0.05, 0.1) is 0 Å². The molecule has 1 N–H and O–H groups in total. The highest BCUT2D eigenvalue weighted by molar-refractivity contribution is 5.25. The zero-order chi connectivity index (χ0) is 11.2. The lowest BCUT2D eigenvalue weighted by Crippen LogP contribution is -2.18. The van der Waals surface area contributed by atoms with Gasteiger partial charge >= 0.3 is 0 Å². The highest BCUT2D eigenvalue weighted by atomic mass is 16.5. The molecular formula is C14H21NO. The van der Waals surface area contributed by atoms with Gasteiger partial charge in [0.2, 0.25) is 0 Å². The van der Waals surface area contributed by atoms with Crippen molar-refractivity contribution in [2.45, 2.75) is 26.3 Å².